The molecule has 0 aromatic heterocycles. The van der Waals surface area contributed by atoms with E-state index in [2.05, 4.69) is 6.58 Å². The molecule has 0 amide bonds. The summed E-state index contributed by atoms with van der Waals surface area (Å²) in [5.74, 6) is 0. The molecule has 0 atom stereocenters. The summed E-state index contributed by atoms with van der Waals surface area (Å²) in [5.41, 5.74) is 0. The van der Waals surface area contributed by atoms with Crippen molar-refractivity contribution in [1.29, 1.82) is 0 Å². The first-order valence-corrected chi connectivity index (χ1v) is 2.97. The van der Waals surface area contributed by atoms with Crippen LogP contribution in [0.1, 0.15) is 6.92 Å². The van der Waals surface area contributed by atoms with Crippen LogP contribution in [0.25, 0.3) is 0 Å². The second-order valence-electron chi connectivity index (χ2n) is 1.16. The summed E-state index contributed by atoms with van der Waals surface area (Å²) in [7, 11) is -4.19. The summed E-state index contributed by atoms with van der Waals surface area (Å²) in [4.78, 5) is -0.340. The fraction of sp³-hybridized carbons (Fsp3) is 0.333. The molecule has 42 valence electrons. The van der Waals surface area contributed by atoms with Crippen LogP contribution in [0.15, 0.2) is 11.5 Å². The molecule has 0 heterocycles. The average Bonchev–Trinajstić information content (AvgIpc) is 1.31. The molecule has 0 spiro atoms. The number of hydrogen-bond acceptors (Lipinski definition) is 3. The van der Waals surface area contributed by atoms with Crippen LogP contribution in [0.2, 0.25) is 0 Å². The third kappa shape index (κ3) is 4.41. The average molecular weight is 128 g/mol. The maximum atomic E-state index is 9.68. The molecule has 0 aromatic carbocycles. The van der Waals surface area contributed by atoms with Crippen molar-refractivity contribution in [3.05, 3.63) is 11.5 Å². The van der Waals surface area contributed by atoms with Crippen molar-refractivity contribution < 1.29 is 31.8 Å². The van der Waals surface area contributed by atoms with Crippen LogP contribution in [0, 0.1) is 0 Å². The molecule has 0 saturated heterocycles. The molecule has 0 radical (unpaired) electrons. The molecule has 0 fully saturated rings. The van der Waals surface area contributed by atoms with Gasteiger partial charge in [0, 0.05) is 4.91 Å². The fourth-order valence-electron chi connectivity index (χ4n) is 0. The Kier molecular flexibility index (Phi) is 4.59. The fourth-order valence-corrected chi connectivity index (χ4v) is 0. The van der Waals surface area contributed by atoms with Gasteiger partial charge < -0.3 is 4.55 Å². The van der Waals surface area contributed by atoms with Gasteiger partial charge in [-0.05, 0) is 6.92 Å². The van der Waals surface area contributed by atoms with E-state index in [1.54, 1.807) is 0 Å². The molecule has 0 saturated carbocycles. The van der Waals surface area contributed by atoms with Gasteiger partial charge in [0.15, 0.2) is 0 Å². The van der Waals surface area contributed by atoms with Gasteiger partial charge >= 0.3 is 18.9 Å². The second kappa shape index (κ2) is 3.31. The standard InChI is InChI=1S/C3H6O3S.Li/c1-3(2)7(4,5)6;/h1H2,2H3,(H,4,5,6);/q;+1/p-1. The van der Waals surface area contributed by atoms with Crippen LogP contribution < -0.4 is 18.9 Å². The number of allylic oxidation sites excluding steroid dienone is 1. The van der Waals surface area contributed by atoms with Crippen LogP contribution >= 0.6 is 0 Å². The van der Waals surface area contributed by atoms with E-state index in [0.29, 0.717) is 0 Å². The Morgan fingerprint density at radius 3 is 1.75 bits per heavy atom. The predicted molar refractivity (Wildman–Crippen MR) is 24.5 cm³/mol. The van der Waals surface area contributed by atoms with E-state index in [1.165, 1.54) is 0 Å². The SMILES string of the molecule is C=C(C)S(=O)(=O)[O-].[Li+]. The molecule has 0 aliphatic rings. The van der Waals surface area contributed by atoms with Crippen molar-refractivity contribution in [3.8, 4) is 0 Å². The maximum Gasteiger partial charge on any atom is 1.00 e. The first-order valence-electron chi connectivity index (χ1n) is 1.56. The van der Waals surface area contributed by atoms with Crippen molar-refractivity contribution in [1.82, 2.24) is 0 Å². The quantitative estimate of drug-likeness (QED) is 0.280. The second-order valence-corrected chi connectivity index (χ2v) is 2.76. The third-order valence-corrected chi connectivity index (χ3v) is 1.28. The summed E-state index contributed by atoms with van der Waals surface area (Å²) in [6, 6.07) is 0. The molecular weight excluding hydrogens is 123 g/mol. The van der Waals surface area contributed by atoms with Gasteiger partial charge in [0.05, 0.1) is 0 Å². The molecule has 0 unspecified atom stereocenters. The molecule has 3 nitrogen and oxygen atoms in total. The van der Waals surface area contributed by atoms with Crippen molar-refractivity contribution >= 4 is 10.1 Å². The number of hydrogen-bond donors (Lipinski definition) is 0. The van der Waals surface area contributed by atoms with E-state index in [9.17, 15) is 13.0 Å². The van der Waals surface area contributed by atoms with Crippen molar-refractivity contribution in [3.63, 3.8) is 0 Å². The minimum Gasteiger partial charge on any atom is -0.744 e. The molecule has 0 aliphatic carbocycles. The van der Waals surface area contributed by atoms with Crippen molar-refractivity contribution in [2.45, 2.75) is 6.92 Å². The summed E-state index contributed by atoms with van der Waals surface area (Å²) in [6.07, 6.45) is 0. The first kappa shape index (κ1) is 11.1. The molecule has 8 heavy (non-hydrogen) atoms. The van der Waals surface area contributed by atoms with Crippen LogP contribution in [0.5, 0.6) is 0 Å². The van der Waals surface area contributed by atoms with Gasteiger partial charge in [-0.3, -0.25) is 0 Å². The topological polar surface area (TPSA) is 57.2 Å². The van der Waals surface area contributed by atoms with E-state index in [1.807, 2.05) is 0 Å². The zero-order valence-corrected chi connectivity index (χ0v) is 5.66. The molecule has 0 aliphatic heterocycles. The smallest absolute Gasteiger partial charge is 0.744 e. The van der Waals surface area contributed by atoms with Gasteiger partial charge in [0.2, 0.25) is 0 Å². The summed E-state index contributed by atoms with van der Waals surface area (Å²) < 4.78 is 29.0. The Labute approximate surface area is 60.7 Å². The van der Waals surface area contributed by atoms with Crippen LogP contribution in [0.4, 0.5) is 0 Å². The third-order valence-electron chi connectivity index (χ3n) is 0.427. The van der Waals surface area contributed by atoms with E-state index < -0.39 is 10.1 Å². The Balaban J connectivity index is 0. The zero-order chi connectivity index (χ0) is 6.08. The maximum absolute atomic E-state index is 9.68. The van der Waals surface area contributed by atoms with Crippen LogP contribution in [-0.2, 0) is 10.1 Å². The van der Waals surface area contributed by atoms with E-state index in [0.717, 1.165) is 6.92 Å². The Morgan fingerprint density at radius 2 is 1.75 bits per heavy atom. The zero-order valence-electron chi connectivity index (χ0n) is 4.84. The van der Waals surface area contributed by atoms with E-state index in [-0.39, 0.29) is 23.8 Å². The van der Waals surface area contributed by atoms with Gasteiger partial charge in [-0.25, -0.2) is 8.42 Å². The normalized spacial score (nSPS) is 9.75. The van der Waals surface area contributed by atoms with Crippen molar-refractivity contribution in [2.24, 2.45) is 0 Å². The summed E-state index contributed by atoms with van der Waals surface area (Å²) >= 11 is 0. The summed E-state index contributed by atoms with van der Waals surface area (Å²) in [5, 5.41) is 0. The van der Waals surface area contributed by atoms with Gasteiger partial charge in [-0.2, -0.15) is 0 Å². The van der Waals surface area contributed by atoms with Gasteiger partial charge in [-0.15, -0.1) is 0 Å². The molecule has 0 bridgehead atoms. The number of rotatable bonds is 1. The monoisotopic (exact) mass is 128 g/mol. The Hall–Kier alpha value is 0.247. The van der Waals surface area contributed by atoms with E-state index >= 15 is 0 Å². The minimum absolute atomic E-state index is 0. The molecule has 0 aromatic rings. The van der Waals surface area contributed by atoms with Gasteiger partial charge in [-0.1, -0.05) is 6.58 Å². The first-order chi connectivity index (χ1) is 2.94. The molecule has 0 N–H and O–H groups in total. The minimum atomic E-state index is -4.19. The van der Waals surface area contributed by atoms with Crippen LogP contribution in [-0.4, -0.2) is 13.0 Å². The Bertz CT molecular complexity index is 169. The molecule has 5 heteroatoms. The van der Waals surface area contributed by atoms with Crippen LogP contribution in [0.3, 0.4) is 0 Å². The molecule has 0 rings (SSSR count). The van der Waals surface area contributed by atoms with E-state index in [4.69, 9.17) is 0 Å². The van der Waals surface area contributed by atoms with Gasteiger partial charge in [0.25, 0.3) is 0 Å². The summed E-state index contributed by atoms with van der Waals surface area (Å²) in [6.45, 7) is 4.08. The molecular formula is C3H5LiO3S. The Morgan fingerprint density at radius 1 is 1.62 bits per heavy atom. The largest absolute Gasteiger partial charge is 1.00 e. The predicted octanol–water partition coefficient (Wildman–Crippen LogP) is -2.93. The van der Waals surface area contributed by atoms with Gasteiger partial charge in [0.1, 0.15) is 10.1 Å². The van der Waals surface area contributed by atoms with Crippen molar-refractivity contribution in [2.75, 3.05) is 0 Å².